The molecule has 0 radical (unpaired) electrons. The van der Waals surface area contributed by atoms with E-state index in [0.29, 0.717) is 29.5 Å². The minimum atomic E-state index is 0.200. The maximum absolute atomic E-state index is 5.64. The van der Waals surface area contributed by atoms with E-state index in [2.05, 4.69) is 9.97 Å². The number of ether oxygens (including phenoxy) is 3. The summed E-state index contributed by atoms with van der Waals surface area (Å²) in [7, 11) is 3.11. The Bertz CT molecular complexity index is 538. The Hall–Kier alpha value is -2.34. The lowest BCUT2D eigenvalue weighted by Gasteiger charge is -2.12. The van der Waals surface area contributed by atoms with Crippen molar-refractivity contribution in [1.82, 2.24) is 9.97 Å². The van der Waals surface area contributed by atoms with Crippen LogP contribution in [-0.2, 0) is 6.54 Å². The molecule has 0 fully saturated rings. The lowest BCUT2D eigenvalue weighted by atomic mass is 10.3. The van der Waals surface area contributed by atoms with Crippen LogP contribution in [0.5, 0.6) is 23.3 Å². The highest BCUT2D eigenvalue weighted by molar-refractivity contribution is 5.52. The van der Waals surface area contributed by atoms with Crippen molar-refractivity contribution < 1.29 is 14.2 Å². The first-order chi connectivity index (χ1) is 9.28. The van der Waals surface area contributed by atoms with Gasteiger partial charge in [-0.2, -0.15) is 4.98 Å². The second-order valence-electron chi connectivity index (χ2n) is 3.63. The average Bonchev–Trinajstić information content (AvgIpc) is 2.47. The molecular weight excluding hydrogens is 246 g/mol. The summed E-state index contributed by atoms with van der Waals surface area (Å²) in [6, 6.07) is 7.27. The van der Waals surface area contributed by atoms with Crippen LogP contribution in [0.4, 0.5) is 0 Å². The molecule has 6 nitrogen and oxygen atoms in total. The average molecular weight is 261 g/mol. The molecule has 6 heteroatoms. The fourth-order valence-corrected chi connectivity index (χ4v) is 1.55. The first-order valence-electron chi connectivity index (χ1n) is 5.69. The monoisotopic (exact) mass is 261 g/mol. The fourth-order valence-electron chi connectivity index (χ4n) is 1.55. The molecule has 1 aromatic carbocycles. The van der Waals surface area contributed by atoms with Crippen molar-refractivity contribution in [2.45, 2.75) is 6.54 Å². The van der Waals surface area contributed by atoms with E-state index in [9.17, 15) is 0 Å². The van der Waals surface area contributed by atoms with Crippen molar-refractivity contribution in [2.24, 2.45) is 5.73 Å². The lowest BCUT2D eigenvalue weighted by molar-refractivity contribution is 0.336. The predicted molar refractivity (Wildman–Crippen MR) is 69.5 cm³/mol. The first-order valence-corrected chi connectivity index (χ1v) is 5.69. The zero-order chi connectivity index (χ0) is 13.7. The summed E-state index contributed by atoms with van der Waals surface area (Å²) in [5.41, 5.74) is 6.22. The third kappa shape index (κ3) is 2.92. The summed E-state index contributed by atoms with van der Waals surface area (Å²) in [4.78, 5) is 8.20. The van der Waals surface area contributed by atoms with Crippen LogP contribution in [0.3, 0.4) is 0 Å². The van der Waals surface area contributed by atoms with Crippen molar-refractivity contribution in [3.05, 3.63) is 36.2 Å². The number of methoxy groups -OCH3 is 2. The minimum Gasteiger partial charge on any atom is -0.493 e. The second kappa shape index (κ2) is 6.01. The van der Waals surface area contributed by atoms with E-state index in [1.54, 1.807) is 38.6 Å². The van der Waals surface area contributed by atoms with Crippen molar-refractivity contribution >= 4 is 0 Å². The summed E-state index contributed by atoms with van der Waals surface area (Å²) in [5.74, 6) is 1.52. The first kappa shape index (κ1) is 13.1. The van der Waals surface area contributed by atoms with Crippen LogP contribution >= 0.6 is 0 Å². The summed E-state index contributed by atoms with van der Waals surface area (Å²) < 4.78 is 16.1. The van der Waals surface area contributed by atoms with E-state index in [1.807, 2.05) is 6.07 Å². The van der Waals surface area contributed by atoms with E-state index < -0.39 is 0 Å². The van der Waals surface area contributed by atoms with Crippen LogP contribution < -0.4 is 19.9 Å². The summed E-state index contributed by atoms with van der Waals surface area (Å²) in [6.07, 6.45) is 1.59. The van der Waals surface area contributed by atoms with Crippen molar-refractivity contribution in [2.75, 3.05) is 14.2 Å². The van der Waals surface area contributed by atoms with Gasteiger partial charge in [0.05, 0.1) is 19.9 Å². The van der Waals surface area contributed by atoms with E-state index in [4.69, 9.17) is 19.9 Å². The van der Waals surface area contributed by atoms with E-state index in [1.165, 1.54) is 0 Å². The molecular formula is C13H15N3O3. The van der Waals surface area contributed by atoms with Gasteiger partial charge in [-0.05, 0) is 18.2 Å². The molecule has 1 heterocycles. The number of nitrogens with two attached hydrogens (primary N) is 1. The number of hydrogen-bond donors (Lipinski definition) is 1. The van der Waals surface area contributed by atoms with Crippen LogP contribution in [0.2, 0.25) is 0 Å². The largest absolute Gasteiger partial charge is 0.493 e. The number of aromatic nitrogens is 2. The van der Waals surface area contributed by atoms with Gasteiger partial charge in [0.25, 0.3) is 0 Å². The molecule has 0 amide bonds. The molecule has 2 N–H and O–H groups in total. The van der Waals surface area contributed by atoms with Gasteiger partial charge in [-0.25, -0.2) is 4.98 Å². The van der Waals surface area contributed by atoms with Gasteiger partial charge in [-0.3, -0.25) is 0 Å². The Kier molecular flexibility index (Phi) is 4.15. The number of rotatable bonds is 5. The molecule has 0 unspecified atom stereocenters. The topological polar surface area (TPSA) is 79.5 Å². The molecule has 0 saturated heterocycles. The standard InChI is InChI=1S/C13H15N3O3/c1-17-10-4-3-5-11(18-2)12(10)19-13-15-7-6-9(8-14)16-13/h3-7H,8,14H2,1-2H3. The SMILES string of the molecule is COc1cccc(OC)c1Oc1nccc(CN)n1. The minimum absolute atomic E-state index is 0.200. The van der Waals surface area contributed by atoms with Crippen LogP contribution in [0.15, 0.2) is 30.5 Å². The second-order valence-corrected chi connectivity index (χ2v) is 3.63. The molecule has 100 valence electrons. The molecule has 0 saturated carbocycles. The molecule has 0 aliphatic carbocycles. The van der Waals surface area contributed by atoms with Crippen molar-refractivity contribution in [3.8, 4) is 23.3 Å². The van der Waals surface area contributed by atoms with Gasteiger partial charge in [0.1, 0.15) is 0 Å². The molecule has 2 aromatic rings. The maximum atomic E-state index is 5.64. The van der Waals surface area contributed by atoms with Crippen molar-refractivity contribution in [3.63, 3.8) is 0 Å². The van der Waals surface area contributed by atoms with E-state index >= 15 is 0 Å². The molecule has 0 aliphatic heterocycles. The summed E-state index contributed by atoms with van der Waals surface area (Å²) in [5, 5.41) is 0. The van der Waals surface area contributed by atoms with Gasteiger partial charge >= 0.3 is 6.01 Å². The number of nitrogens with zero attached hydrogens (tertiary/aromatic N) is 2. The van der Waals surface area contributed by atoms with Crippen LogP contribution in [0, 0.1) is 0 Å². The van der Waals surface area contributed by atoms with Crippen LogP contribution in [-0.4, -0.2) is 24.2 Å². The van der Waals surface area contributed by atoms with Gasteiger partial charge in [-0.15, -0.1) is 0 Å². The van der Waals surface area contributed by atoms with E-state index in [0.717, 1.165) is 0 Å². The highest BCUT2D eigenvalue weighted by Crippen LogP contribution is 2.38. The zero-order valence-electron chi connectivity index (χ0n) is 10.8. The number of para-hydroxylation sites is 1. The van der Waals surface area contributed by atoms with Crippen LogP contribution in [0.25, 0.3) is 0 Å². The Labute approximate surface area is 111 Å². The quantitative estimate of drug-likeness (QED) is 0.883. The summed E-state index contributed by atoms with van der Waals surface area (Å²) in [6.45, 7) is 0.321. The smallest absolute Gasteiger partial charge is 0.322 e. The molecule has 0 aliphatic rings. The highest BCUT2D eigenvalue weighted by atomic mass is 16.5. The molecule has 19 heavy (non-hydrogen) atoms. The third-order valence-electron chi connectivity index (χ3n) is 2.48. The van der Waals surface area contributed by atoms with Gasteiger partial charge in [-0.1, -0.05) is 6.07 Å². The maximum Gasteiger partial charge on any atom is 0.322 e. The van der Waals surface area contributed by atoms with Gasteiger partial charge < -0.3 is 19.9 Å². The molecule has 1 aromatic heterocycles. The summed E-state index contributed by atoms with van der Waals surface area (Å²) >= 11 is 0. The molecule has 2 rings (SSSR count). The normalized spacial score (nSPS) is 10.1. The Morgan fingerprint density at radius 1 is 1.11 bits per heavy atom. The van der Waals surface area contributed by atoms with Gasteiger partial charge in [0.15, 0.2) is 11.5 Å². The van der Waals surface area contributed by atoms with Gasteiger partial charge in [0.2, 0.25) is 5.75 Å². The molecule has 0 atom stereocenters. The fraction of sp³-hybridized carbons (Fsp3) is 0.231. The molecule has 0 spiro atoms. The molecule has 0 bridgehead atoms. The van der Waals surface area contributed by atoms with Crippen LogP contribution in [0.1, 0.15) is 5.69 Å². The highest BCUT2D eigenvalue weighted by Gasteiger charge is 2.13. The van der Waals surface area contributed by atoms with Gasteiger partial charge in [0, 0.05) is 12.7 Å². The third-order valence-corrected chi connectivity index (χ3v) is 2.48. The number of benzene rings is 1. The Balaban J connectivity index is 2.36. The lowest BCUT2D eigenvalue weighted by Crippen LogP contribution is -2.02. The zero-order valence-corrected chi connectivity index (χ0v) is 10.8. The Morgan fingerprint density at radius 3 is 2.37 bits per heavy atom. The number of hydrogen-bond acceptors (Lipinski definition) is 6. The Morgan fingerprint density at radius 2 is 1.79 bits per heavy atom. The predicted octanol–water partition coefficient (Wildman–Crippen LogP) is 1.74. The van der Waals surface area contributed by atoms with Crippen molar-refractivity contribution in [1.29, 1.82) is 0 Å². The van der Waals surface area contributed by atoms with E-state index in [-0.39, 0.29) is 6.01 Å².